The molecule has 1 amide bonds. The number of carbonyl (C=O) groups excluding carboxylic acids is 2. The molecule has 1 aliphatic heterocycles. The van der Waals surface area contributed by atoms with E-state index in [0.717, 1.165) is 22.7 Å². The molecule has 0 spiro atoms. The van der Waals surface area contributed by atoms with Crippen LogP contribution in [0.3, 0.4) is 0 Å². The third kappa shape index (κ3) is 3.91. The Labute approximate surface area is 214 Å². The first-order valence-corrected chi connectivity index (χ1v) is 12.3. The van der Waals surface area contributed by atoms with Crippen LogP contribution in [0.15, 0.2) is 113 Å². The molecule has 36 heavy (non-hydrogen) atoms. The van der Waals surface area contributed by atoms with Gasteiger partial charge in [-0.25, -0.2) is 0 Å². The van der Waals surface area contributed by atoms with E-state index in [1.807, 2.05) is 66.7 Å². The number of amides is 1. The number of nitrogens with zero attached hydrogens (tertiary/aromatic N) is 1. The quantitative estimate of drug-likeness (QED) is 0.328. The Morgan fingerprint density at radius 1 is 0.889 bits per heavy atom. The number of nitrogens with one attached hydrogen (secondary N) is 1. The summed E-state index contributed by atoms with van der Waals surface area (Å²) in [6.45, 7) is 0. The van der Waals surface area contributed by atoms with Crippen LogP contribution in [0.25, 0.3) is 0 Å². The van der Waals surface area contributed by atoms with E-state index in [9.17, 15) is 9.59 Å². The van der Waals surface area contributed by atoms with Gasteiger partial charge in [-0.2, -0.15) is 0 Å². The Morgan fingerprint density at radius 2 is 1.64 bits per heavy atom. The number of hydrogen-bond donors (Lipinski definition) is 1. The van der Waals surface area contributed by atoms with Gasteiger partial charge < -0.3 is 9.73 Å². The molecule has 5 nitrogen and oxygen atoms in total. The number of rotatable bonds is 3. The van der Waals surface area contributed by atoms with E-state index >= 15 is 0 Å². The first-order chi connectivity index (χ1) is 17.6. The van der Waals surface area contributed by atoms with Crippen LogP contribution in [0.4, 0.5) is 11.4 Å². The van der Waals surface area contributed by atoms with Gasteiger partial charge in [-0.1, -0.05) is 54.1 Å². The number of benzene rings is 3. The third-order valence-electron chi connectivity index (χ3n) is 6.86. The molecule has 4 aromatic rings. The number of furan rings is 1. The predicted molar refractivity (Wildman–Crippen MR) is 140 cm³/mol. The van der Waals surface area contributed by atoms with Crippen molar-refractivity contribution in [1.29, 1.82) is 0 Å². The van der Waals surface area contributed by atoms with Gasteiger partial charge in [0.05, 0.1) is 23.7 Å². The molecule has 0 radical (unpaired) electrons. The van der Waals surface area contributed by atoms with Crippen molar-refractivity contribution in [2.24, 2.45) is 0 Å². The fourth-order valence-corrected chi connectivity index (χ4v) is 5.34. The topological polar surface area (TPSA) is 62.6 Å². The van der Waals surface area contributed by atoms with Crippen molar-refractivity contribution in [2.75, 3.05) is 10.2 Å². The molecule has 178 valence electrons. The lowest BCUT2D eigenvalue weighted by Gasteiger charge is -2.35. The molecule has 0 bridgehead atoms. The van der Waals surface area contributed by atoms with Crippen molar-refractivity contribution >= 4 is 34.7 Å². The van der Waals surface area contributed by atoms with Crippen LogP contribution in [0, 0.1) is 0 Å². The van der Waals surface area contributed by atoms with Gasteiger partial charge >= 0.3 is 0 Å². The second-order valence-corrected chi connectivity index (χ2v) is 9.51. The van der Waals surface area contributed by atoms with Crippen molar-refractivity contribution in [2.45, 2.75) is 24.8 Å². The number of halogens is 1. The summed E-state index contributed by atoms with van der Waals surface area (Å²) in [6, 6.07) is 27.4. The van der Waals surface area contributed by atoms with Gasteiger partial charge in [-0.05, 0) is 60.5 Å². The SMILES string of the molecule is O=C1CC(c2ccco2)CC2=C1C(c1ccc(Cl)cc1)N(C(=O)c1ccccc1)c1ccccc1N2. The number of fused-ring (bicyclic) bond motifs is 1. The second kappa shape index (κ2) is 9.17. The van der Waals surface area contributed by atoms with Gasteiger partial charge in [0.2, 0.25) is 0 Å². The fourth-order valence-electron chi connectivity index (χ4n) is 5.22. The zero-order valence-corrected chi connectivity index (χ0v) is 20.1. The van der Waals surface area contributed by atoms with Crippen molar-refractivity contribution in [3.8, 4) is 0 Å². The Kier molecular flexibility index (Phi) is 5.70. The highest BCUT2D eigenvalue weighted by Crippen LogP contribution is 2.47. The summed E-state index contributed by atoms with van der Waals surface area (Å²) in [4.78, 5) is 29.8. The van der Waals surface area contributed by atoms with Crippen molar-refractivity contribution in [3.05, 3.63) is 130 Å². The van der Waals surface area contributed by atoms with E-state index in [0.29, 0.717) is 34.7 Å². The number of allylic oxidation sites excluding steroid dienone is 1. The van der Waals surface area contributed by atoms with E-state index in [2.05, 4.69) is 5.32 Å². The molecule has 2 aliphatic rings. The van der Waals surface area contributed by atoms with E-state index < -0.39 is 6.04 Å². The summed E-state index contributed by atoms with van der Waals surface area (Å²) in [5.41, 5.74) is 4.26. The maximum absolute atomic E-state index is 14.1. The van der Waals surface area contributed by atoms with Crippen molar-refractivity contribution < 1.29 is 14.0 Å². The Balaban J connectivity index is 1.58. The van der Waals surface area contributed by atoms with E-state index in [-0.39, 0.29) is 17.6 Å². The molecule has 2 atom stereocenters. The number of para-hydroxylation sites is 2. The fraction of sp³-hybridized carbons (Fsp3) is 0.133. The minimum Gasteiger partial charge on any atom is -0.469 e. The standard InChI is InChI=1S/C30H23ClN2O3/c31-22-14-12-19(13-15-22)29-28-24(17-21(18-26(28)34)27-11-6-16-36-27)32-23-9-4-5-10-25(23)33(29)30(35)20-7-2-1-3-8-20/h1-16,21,29,32H,17-18H2. The Hall–Kier alpha value is -4.09. The van der Waals surface area contributed by atoms with E-state index in [1.165, 1.54) is 0 Å². The van der Waals surface area contributed by atoms with Crippen LogP contribution < -0.4 is 10.2 Å². The maximum Gasteiger partial charge on any atom is 0.259 e. The van der Waals surface area contributed by atoms with E-state index in [4.69, 9.17) is 16.0 Å². The molecule has 6 rings (SSSR count). The number of hydrogen-bond acceptors (Lipinski definition) is 4. The zero-order chi connectivity index (χ0) is 24.6. The lowest BCUT2D eigenvalue weighted by molar-refractivity contribution is -0.116. The highest BCUT2D eigenvalue weighted by Gasteiger charge is 2.42. The van der Waals surface area contributed by atoms with Crippen LogP contribution in [0.5, 0.6) is 0 Å². The molecule has 0 saturated heterocycles. The number of carbonyl (C=O) groups is 2. The van der Waals surface area contributed by atoms with Crippen LogP contribution in [-0.2, 0) is 4.79 Å². The average molecular weight is 495 g/mol. The Bertz CT molecular complexity index is 1460. The number of Topliss-reactive ketones (excluding diaryl/α,β-unsaturated/α-hetero) is 1. The molecule has 6 heteroatoms. The highest BCUT2D eigenvalue weighted by atomic mass is 35.5. The lowest BCUT2D eigenvalue weighted by atomic mass is 9.80. The smallest absolute Gasteiger partial charge is 0.259 e. The molecule has 1 aliphatic carbocycles. The monoisotopic (exact) mass is 494 g/mol. The molecule has 0 fully saturated rings. The summed E-state index contributed by atoms with van der Waals surface area (Å²) in [5, 5.41) is 4.12. The summed E-state index contributed by atoms with van der Waals surface area (Å²) >= 11 is 6.22. The molecular formula is C30H23ClN2O3. The van der Waals surface area contributed by atoms with Crippen LogP contribution in [0.1, 0.15) is 46.5 Å². The number of anilines is 2. The number of ketones is 1. The summed E-state index contributed by atoms with van der Waals surface area (Å²) in [6.07, 6.45) is 2.54. The normalized spacial score (nSPS) is 19.2. The lowest BCUT2D eigenvalue weighted by Crippen LogP contribution is -2.38. The molecule has 3 aromatic carbocycles. The summed E-state index contributed by atoms with van der Waals surface area (Å²) in [5.74, 6) is 0.519. The van der Waals surface area contributed by atoms with E-state index in [1.54, 1.807) is 35.4 Å². The minimum absolute atomic E-state index is 0.0104. The van der Waals surface area contributed by atoms with Crippen molar-refractivity contribution in [1.82, 2.24) is 0 Å². The first-order valence-electron chi connectivity index (χ1n) is 11.9. The van der Waals surface area contributed by atoms with Gasteiger partial charge in [0, 0.05) is 34.2 Å². The van der Waals surface area contributed by atoms with Crippen LogP contribution in [0.2, 0.25) is 5.02 Å². The average Bonchev–Trinajstić information content (AvgIpc) is 3.40. The van der Waals surface area contributed by atoms with Gasteiger partial charge in [-0.15, -0.1) is 0 Å². The zero-order valence-electron chi connectivity index (χ0n) is 19.4. The first kappa shape index (κ1) is 22.4. The minimum atomic E-state index is -0.619. The van der Waals surface area contributed by atoms with Gasteiger partial charge in [0.1, 0.15) is 5.76 Å². The Morgan fingerprint density at radius 3 is 2.39 bits per heavy atom. The van der Waals surface area contributed by atoms with Crippen LogP contribution in [-0.4, -0.2) is 11.7 Å². The molecule has 2 unspecified atom stereocenters. The van der Waals surface area contributed by atoms with Gasteiger partial charge in [0.15, 0.2) is 5.78 Å². The second-order valence-electron chi connectivity index (χ2n) is 9.07. The molecular weight excluding hydrogens is 472 g/mol. The summed E-state index contributed by atoms with van der Waals surface area (Å²) < 4.78 is 5.66. The highest BCUT2D eigenvalue weighted by molar-refractivity contribution is 6.30. The molecule has 1 aromatic heterocycles. The largest absolute Gasteiger partial charge is 0.469 e. The molecule has 0 saturated carbocycles. The van der Waals surface area contributed by atoms with Gasteiger partial charge in [0.25, 0.3) is 5.91 Å². The molecule has 2 heterocycles. The molecule has 1 N–H and O–H groups in total. The van der Waals surface area contributed by atoms with Gasteiger partial charge in [-0.3, -0.25) is 14.5 Å². The van der Waals surface area contributed by atoms with Crippen molar-refractivity contribution in [3.63, 3.8) is 0 Å². The predicted octanol–water partition coefficient (Wildman–Crippen LogP) is 7.15. The third-order valence-corrected chi connectivity index (χ3v) is 7.11. The maximum atomic E-state index is 14.1. The summed E-state index contributed by atoms with van der Waals surface area (Å²) in [7, 11) is 0. The van der Waals surface area contributed by atoms with Crippen LogP contribution >= 0.6 is 11.6 Å².